The number of pyridine rings is 1. The normalized spacial score (nSPS) is 11.9. The average Bonchev–Trinajstić information content (AvgIpc) is 3.96. The summed E-state index contributed by atoms with van der Waals surface area (Å²) in [6.45, 7) is 0. The van der Waals surface area contributed by atoms with Crippen molar-refractivity contribution in [2.24, 2.45) is 0 Å². The van der Waals surface area contributed by atoms with Crippen molar-refractivity contribution in [2.45, 2.75) is 0 Å². The fourth-order valence-electron chi connectivity index (χ4n) is 8.34. The highest BCUT2D eigenvalue weighted by Gasteiger charge is 2.20. The second-order valence-electron chi connectivity index (χ2n) is 14.2. The zero-order valence-electron chi connectivity index (χ0n) is 30.3. The molecule has 0 atom stereocenters. The monoisotopic (exact) mass is 731 g/mol. The van der Waals surface area contributed by atoms with Gasteiger partial charge in [-0.15, -0.1) is 0 Å². The molecular formula is C50H29N5O2. The minimum absolute atomic E-state index is 0.545. The van der Waals surface area contributed by atoms with Gasteiger partial charge < -0.3 is 13.4 Å². The van der Waals surface area contributed by atoms with E-state index in [1.54, 1.807) is 12.4 Å². The molecule has 7 aromatic carbocycles. The van der Waals surface area contributed by atoms with E-state index in [2.05, 4.69) is 137 Å². The van der Waals surface area contributed by atoms with Crippen LogP contribution in [0.15, 0.2) is 185 Å². The van der Waals surface area contributed by atoms with Gasteiger partial charge in [-0.3, -0.25) is 4.98 Å². The summed E-state index contributed by atoms with van der Waals surface area (Å²) in [5, 5.41) is 6.60. The van der Waals surface area contributed by atoms with Crippen LogP contribution in [0.25, 0.3) is 117 Å². The van der Waals surface area contributed by atoms with Gasteiger partial charge in [0.05, 0.1) is 22.9 Å². The molecule has 0 aliphatic heterocycles. The van der Waals surface area contributed by atoms with Gasteiger partial charge in [-0.1, -0.05) is 115 Å². The number of benzene rings is 7. The Balaban J connectivity index is 1.05. The lowest BCUT2D eigenvalue weighted by Crippen LogP contribution is -2.03. The standard InChI is InChI=1S/C50H29N5O2/c1-5-16-41-34(10-1)35-11-2-6-17-42(35)55(41)43-18-7-3-13-40(43)50-53-48(52-49(54-50)32-24-25-37-38-26-27-51-29-46(38)56-45(37)28-32)31-22-20-30(21-23-31)33-14-9-15-39-36-12-4-8-19-44(36)57-47(33)39/h1-29H. The molecule has 5 aromatic heterocycles. The van der Waals surface area contributed by atoms with Crippen LogP contribution in [-0.4, -0.2) is 24.5 Å². The van der Waals surface area contributed by atoms with E-state index in [1.165, 1.54) is 10.8 Å². The van der Waals surface area contributed by atoms with Crippen LogP contribution in [0, 0.1) is 0 Å². The molecule has 0 saturated carbocycles. The summed E-state index contributed by atoms with van der Waals surface area (Å²) in [6, 6.07) is 56.3. The van der Waals surface area contributed by atoms with E-state index in [1.807, 2.05) is 36.4 Å². The van der Waals surface area contributed by atoms with Crippen molar-refractivity contribution >= 4 is 65.7 Å². The Morgan fingerprint density at radius 2 is 0.982 bits per heavy atom. The maximum absolute atomic E-state index is 6.38. The first-order valence-corrected chi connectivity index (χ1v) is 18.9. The van der Waals surface area contributed by atoms with Crippen LogP contribution < -0.4 is 0 Å². The predicted octanol–water partition coefficient (Wildman–Crippen LogP) is 12.8. The first-order chi connectivity index (χ1) is 28.2. The molecule has 0 radical (unpaired) electrons. The highest BCUT2D eigenvalue weighted by molar-refractivity contribution is 6.11. The lowest BCUT2D eigenvalue weighted by atomic mass is 10.0. The molecule has 0 saturated heterocycles. The van der Waals surface area contributed by atoms with Crippen molar-refractivity contribution in [3.8, 4) is 51.0 Å². The Hall–Kier alpha value is -7.90. The lowest BCUT2D eigenvalue weighted by molar-refractivity contribution is 0.667. The van der Waals surface area contributed by atoms with Gasteiger partial charge in [-0.05, 0) is 54.1 Å². The molecular weight excluding hydrogens is 703 g/mol. The van der Waals surface area contributed by atoms with Gasteiger partial charge >= 0.3 is 0 Å². The molecule has 0 spiro atoms. The maximum Gasteiger partial charge on any atom is 0.166 e. The zero-order valence-corrected chi connectivity index (χ0v) is 30.3. The van der Waals surface area contributed by atoms with Gasteiger partial charge in [-0.25, -0.2) is 15.0 Å². The molecule has 266 valence electrons. The molecule has 0 N–H and O–H groups in total. The van der Waals surface area contributed by atoms with Crippen LogP contribution in [0.2, 0.25) is 0 Å². The quantitative estimate of drug-likeness (QED) is 0.175. The van der Waals surface area contributed by atoms with Gasteiger partial charge in [0.1, 0.15) is 16.7 Å². The van der Waals surface area contributed by atoms with E-state index in [4.69, 9.17) is 23.8 Å². The molecule has 0 aliphatic rings. The second kappa shape index (κ2) is 12.3. The van der Waals surface area contributed by atoms with Crippen LogP contribution in [0.1, 0.15) is 0 Å². The summed E-state index contributed by atoms with van der Waals surface area (Å²) in [4.78, 5) is 19.8. The first-order valence-electron chi connectivity index (χ1n) is 18.9. The van der Waals surface area contributed by atoms with Crippen molar-refractivity contribution in [1.82, 2.24) is 24.5 Å². The highest BCUT2D eigenvalue weighted by Crippen LogP contribution is 2.39. The summed E-state index contributed by atoms with van der Waals surface area (Å²) in [5.41, 5.74) is 11.1. The fraction of sp³-hybridized carbons (Fsp3) is 0. The minimum atomic E-state index is 0.545. The summed E-state index contributed by atoms with van der Waals surface area (Å²) in [7, 11) is 0. The number of nitrogens with zero attached hydrogens (tertiary/aromatic N) is 5. The number of hydrogen-bond donors (Lipinski definition) is 0. The largest absolute Gasteiger partial charge is 0.455 e. The smallest absolute Gasteiger partial charge is 0.166 e. The fourth-order valence-corrected chi connectivity index (χ4v) is 8.34. The van der Waals surface area contributed by atoms with Crippen molar-refractivity contribution < 1.29 is 8.83 Å². The van der Waals surface area contributed by atoms with Crippen molar-refractivity contribution in [2.75, 3.05) is 0 Å². The zero-order chi connectivity index (χ0) is 37.5. The van der Waals surface area contributed by atoms with Crippen LogP contribution in [0.5, 0.6) is 0 Å². The molecule has 7 heteroatoms. The third-order valence-electron chi connectivity index (χ3n) is 11.0. The highest BCUT2D eigenvalue weighted by atomic mass is 16.3. The number of furan rings is 2. The van der Waals surface area contributed by atoms with E-state index in [0.717, 1.165) is 88.4 Å². The molecule has 0 bridgehead atoms. The van der Waals surface area contributed by atoms with Gasteiger partial charge in [0.2, 0.25) is 0 Å². The summed E-state index contributed by atoms with van der Waals surface area (Å²) in [5.74, 6) is 1.68. The Morgan fingerprint density at radius 1 is 0.386 bits per heavy atom. The number of fused-ring (bicyclic) bond motifs is 9. The Morgan fingerprint density at radius 3 is 1.81 bits per heavy atom. The maximum atomic E-state index is 6.38. The summed E-state index contributed by atoms with van der Waals surface area (Å²) in [6.07, 6.45) is 3.53. The molecule has 7 nitrogen and oxygen atoms in total. The van der Waals surface area contributed by atoms with Gasteiger partial charge in [-0.2, -0.15) is 0 Å². The van der Waals surface area contributed by atoms with Gasteiger partial charge in [0.25, 0.3) is 0 Å². The van der Waals surface area contributed by atoms with E-state index < -0.39 is 0 Å². The molecule has 12 rings (SSSR count). The molecule has 0 amide bonds. The first kappa shape index (κ1) is 31.5. The van der Waals surface area contributed by atoms with Crippen molar-refractivity contribution in [1.29, 1.82) is 0 Å². The molecule has 5 heterocycles. The molecule has 0 fully saturated rings. The SMILES string of the molecule is c1ccc(-n2c3ccccc3c3ccccc32)c(-c2nc(-c3ccc(-c4cccc5c4oc4ccccc45)cc3)nc(-c3ccc4c(c3)oc3cnccc34)n2)c1. The van der Waals surface area contributed by atoms with Crippen LogP contribution >= 0.6 is 0 Å². The van der Waals surface area contributed by atoms with Crippen molar-refractivity contribution in [3.05, 3.63) is 176 Å². The molecule has 12 aromatic rings. The Labute approximate surface area is 325 Å². The van der Waals surface area contributed by atoms with Crippen LogP contribution in [-0.2, 0) is 0 Å². The van der Waals surface area contributed by atoms with Crippen molar-refractivity contribution in [3.63, 3.8) is 0 Å². The molecule has 0 unspecified atom stereocenters. The number of rotatable bonds is 5. The molecule has 0 aliphatic carbocycles. The third kappa shape index (κ3) is 4.92. The second-order valence-corrected chi connectivity index (χ2v) is 14.2. The van der Waals surface area contributed by atoms with Gasteiger partial charge in [0, 0.05) is 60.8 Å². The van der Waals surface area contributed by atoms with E-state index in [9.17, 15) is 0 Å². The topological polar surface area (TPSA) is 82.8 Å². The third-order valence-corrected chi connectivity index (χ3v) is 11.0. The minimum Gasteiger partial charge on any atom is -0.455 e. The Bertz CT molecular complexity index is 3490. The van der Waals surface area contributed by atoms with E-state index in [0.29, 0.717) is 17.5 Å². The van der Waals surface area contributed by atoms with Crippen LogP contribution in [0.3, 0.4) is 0 Å². The predicted molar refractivity (Wildman–Crippen MR) is 228 cm³/mol. The lowest BCUT2D eigenvalue weighted by Gasteiger charge is -2.14. The van der Waals surface area contributed by atoms with E-state index in [-0.39, 0.29) is 0 Å². The van der Waals surface area contributed by atoms with Crippen LogP contribution in [0.4, 0.5) is 0 Å². The Kier molecular flexibility index (Phi) is 6.79. The average molecular weight is 732 g/mol. The van der Waals surface area contributed by atoms with Gasteiger partial charge in [0.15, 0.2) is 23.1 Å². The number of aromatic nitrogens is 5. The number of para-hydroxylation sites is 5. The summed E-state index contributed by atoms with van der Waals surface area (Å²) >= 11 is 0. The summed E-state index contributed by atoms with van der Waals surface area (Å²) < 4.78 is 14.9. The number of hydrogen-bond acceptors (Lipinski definition) is 6. The molecule has 57 heavy (non-hydrogen) atoms. The van der Waals surface area contributed by atoms with E-state index >= 15 is 0 Å².